The molecule has 0 aliphatic carbocycles. The van der Waals surface area contributed by atoms with Crippen LogP contribution in [0, 0.1) is 0 Å². The number of hydrogen-bond donors (Lipinski definition) is 1. The quantitative estimate of drug-likeness (QED) is 0.296. The van der Waals surface area contributed by atoms with Crippen LogP contribution in [0.25, 0.3) is 0 Å². The fourth-order valence-corrected chi connectivity index (χ4v) is 2.83. The van der Waals surface area contributed by atoms with Gasteiger partial charge in [-0.2, -0.15) is 5.10 Å². The van der Waals surface area contributed by atoms with E-state index in [9.17, 15) is 4.79 Å². The number of nitrogens with zero attached hydrogens (tertiary/aromatic N) is 1. The number of unbranched alkanes of at least 4 members (excludes halogenated alkanes) is 3. The number of nitrogens with one attached hydrogen (secondary N) is 1. The minimum Gasteiger partial charge on any atom is -0.493 e. The largest absolute Gasteiger partial charge is 0.493 e. The Morgan fingerprint density at radius 3 is 2.68 bits per heavy atom. The zero-order valence-corrected chi connectivity index (χ0v) is 17.3. The Morgan fingerprint density at radius 1 is 1.07 bits per heavy atom. The molecule has 0 unspecified atom stereocenters. The lowest BCUT2D eigenvalue weighted by molar-refractivity contribution is -0.123. The molecule has 0 bridgehead atoms. The van der Waals surface area contributed by atoms with E-state index in [0.29, 0.717) is 22.4 Å². The zero-order chi connectivity index (χ0) is 20.2. The first-order chi connectivity index (χ1) is 13.6. The summed E-state index contributed by atoms with van der Waals surface area (Å²) < 4.78 is 11.2. The second-order valence-corrected chi connectivity index (χ2v) is 6.95. The van der Waals surface area contributed by atoms with E-state index in [1.54, 1.807) is 24.4 Å². The highest BCUT2D eigenvalue weighted by Crippen LogP contribution is 2.27. The number of amides is 1. The number of carbonyl (C=O) groups excluding carboxylic acids is 1. The molecule has 0 saturated carbocycles. The summed E-state index contributed by atoms with van der Waals surface area (Å²) in [5.41, 5.74) is 3.22. The summed E-state index contributed by atoms with van der Waals surface area (Å²) >= 11 is 11.8. The van der Waals surface area contributed by atoms with E-state index >= 15 is 0 Å². The van der Waals surface area contributed by atoms with Crippen LogP contribution in [0.3, 0.4) is 0 Å². The van der Waals surface area contributed by atoms with Crippen LogP contribution < -0.4 is 14.9 Å². The van der Waals surface area contributed by atoms with Gasteiger partial charge >= 0.3 is 0 Å². The van der Waals surface area contributed by atoms with Crippen LogP contribution in [-0.2, 0) is 4.79 Å². The second kappa shape index (κ2) is 12.3. The predicted molar refractivity (Wildman–Crippen MR) is 114 cm³/mol. The molecule has 1 amide bonds. The molecule has 0 aliphatic rings. The fraction of sp³-hybridized carbons (Fsp3) is 0.333. The molecule has 7 heteroatoms. The van der Waals surface area contributed by atoms with E-state index in [1.807, 2.05) is 24.3 Å². The average Bonchev–Trinajstić information content (AvgIpc) is 2.68. The van der Waals surface area contributed by atoms with Crippen molar-refractivity contribution in [1.29, 1.82) is 0 Å². The number of benzene rings is 2. The number of halogens is 2. The van der Waals surface area contributed by atoms with Crippen molar-refractivity contribution >= 4 is 35.3 Å². The smallest absolute Gasteiger partial charge is 0.277 e. The first-order valence-electron chi connectivity index (χ1n) is 9.21. The molecule has 1 N–H and O–H groups in total. The molecular formula is C21H24Cl2N2O3. The third-order valence-electron chi connectivity index (χ3n) is 3.82. The summed E-state index contributed by atoms with van der Waals surface area (Å²) in [5, 5.41) is 4.81. The molecule has 0 saturated heterocycles. The van der Waals surface area contributed by atoms with Gasteiger partial charge in [0, 0.05) is 10.6 Å². The molecule has 0 aliphatic heterocycles. The number of rotatable bonds is 11. The molecule has 0 radical (unpaired) electrons. The first kappa shape index (κ1) is 22.1. The van der Waals surface area contributed by atoms with Gasteiger partial charge in [-0.25, -0.2) is 5.43 Å². The molecule has 0 aromatic heterocycles. The average molecular weight is 423 g/mol. The fourth-order valence-electron chi connectivity index (χ4n) is 2.37. The lowest BCUT2D eigenvalue weighted by Crippen LogP contribution is -2.24. The second-order valence-electron chi connectivity index (χ2n) is 6.10. The van der Waals surface area contributed by atoms with Crippen LogP contribution in [0.1, 0.15) is 38.2 Å². The van der Waals surface area contributed by atoms with Gasteiger partial charge in [0.05, 0.1) is 17.8 Å². The van der Waals surface area contributed by atoms with Gasteiger partial charge in [-0.15, -0.1) is 0 Å². The van der Waals surface area contributed by atoms with Crippen molar-refractivity contribution in [3.8, 4) is 11.5 Å². The number of ether oxygens (including phenoxy) is 2. The maximum atomic E-state index is 11.9. The Morgan fingerprint density at radius 2 is 1.89 bits per heavy atom. The van der Waals surface area contributed by atoms with Crippen molar-refractivity contribution in [1.82, 2.24) is 5.43 Å². The molecule has 0 atom stereocenters. The SMILES string of the molecule is CCCCCCOc1ccccc1/C=N/NC(=O)COc1ccc(Cl)cc1Cl. The summed E-state index contributed by atoms with van der Waals surface area (Å²) in [6, 6.07) is 12.3. The topological polar surface area (TPSA) is 59.9 Å². The van der Waals surface area contributed by atoms with E-state index in [0.717, 1.165) is 24.2 Å². The maximum Gasteiger partial charge on any atom is 0.277 e. The summed E-state index contributed by atoms with van der Waals surface area (Å²) in [6.07, 6.45) is 6.12. The van der Waals surface area contributed by atoms with Crippen LogP contribution in [0.4, 0.5) is 0 Å². The Labute approximate surface area is 175 Å². The van der Waals surface area contributed by atoms with Crippen molar-refractivity contribution in [2.24, 2.45) is 5.10 Å². The lowest BCUT2D eigenvalue weighted by Gasteiger charge is -2.09. The number of para-hydroxylation sites is 1. The van der Waals surface area contributed by atoms with Gasteiger partial charge in [0.2, 0.25) is 0 Å². The van der Waals surface area contributed by atoms with Crippen LogP contribution >= 0.6 is 23.2 Å². The highest BCUT2D eigenvalue weighted by Gasteiger charge is 2.06. The van der Waals surface area contributed by atoms with Crippen molar-refractivity contribution in [3.05, 3.63) is 58.1 Å². The van der Waals surface area contributed by atoms with Gasteiger partial charge in [-0.05, 0) is 36.8 Å². The van der Waals surface area contributed by atoms with Crippen LogP contribution in [0.5, 0.6) is 11.5 Å². The van der Waals surface area contributed by atoms with Crippen molar-refractivity contribution in [2.45, 2.75) is 32.6 Å². The molecular weight excluding hydrogens is 399 g/mol. The van der Waals surface area contributed by atoms with Gasteiger partial charge in [-0.3, -0.25) is 4.79 Å². The van der Waals surface area contributed by atoms with Gasteiger partial charge in [0.25, 0.3) is 5.91 Å². The number of carbonyl (C=O) groups is 1. The van der Waals surface area contributed by atoms with Gasteiger partial charge in [-0.1, -0.05) is 61.5 Å². The third kappa shape index (κ3) is 7.79. The Bertz CT molecular complexity index is 797. The molecule has 2 aromatic rings. The highest BCUT2D eigenvalue weighted by molar-refractivity contribution is 6.35. The van der Waals surface area contributed by atoms with E-state index < -0.39 is 5.91 Å². The number of hydrogen-bond acceptors (Lipinski definition) is 4. The third-order valence-corrected chi connectivity index (χ3v) is 4.35. The molecule has 0 heterocycles. The molecule has 0 spiro atoms. The lowest BCUT2D eigenvalue weighted by atomic mass is 10.2. The molecule has 0 fully saturated rings. The zero-order valence-electron chi connectivity index (χ0n) is 15.8. The summed E-state index contributed by atoms with van der Waals surface area (Å²) in [4.78, 5) is 11.9. The van der Waals surface area contributed by atoms with Crippen molar-refractivity contribution < 1.29 is 14.3 Å². The summed E-state index contributed by atoms with van der Waals surface area (Å²) in [7, 11) is 0. The normalized spacial score (nSPS) is 10.8. The van der Waals surface area contributed by atoms with E-state index in [1.165, 1.54) is 12.8 Å². The van der Waals surface area contributed by atoms with Gasteiger partial charge in [0.15, 0.2) is 6.61 Å². The van der Waals surface area contributed by atoms with Gasteiger partial charge < -0.3 is 9.47 Å². The Balaban J connectivity index is 1.80. The minimum absolute atomic E-state index is 0.214. The molecule has 2 rings (SSSR count). The predicted octanol–water partition coefficient (Wildman–Crippen LogP) is 5.48. The highest BCUT2D eigenvalue weighted by atomic mass is 35.5. The number of hydrazone groups is 1. The van der Waals surface area contributed by atoms with Crippen LogP contribution in [-0.4, -0.2) is 25.3 Å². The van der Waals surface area contributed by atoms with Crippen LogP contribution in [0.2, 0.25) is 10.0 Å². The molecule has 150 valence electrons. The molecule has 5 nitrogen and oxygen atoms in total. The molecule has 28 heavy (non-hydrogen) atoms. The maximum absolute atomic E-state index is 11.9. The van der Waals surface area contributed by atoms with E-state index in [2.05, 4.69) is 17.5 Å². The standard InChI is InChI=1S/C21H24Cl2N2O3/c1-2-3-4-7-12-27-19-9-6-5-8-16(19)14-24-25-21(26)15-28-20-11-10-17(22)13-18(20)23/h5-6,8-11,13-14H,2-4,7,12,15H2,1H3,(H,25,26)/b24-14+. The van der Waals surface area contributed by atoms with E-state index in [4.69, 9.17) is 32.7 Å². The Kier molecular flexibility index (Phi) is 9.66. The first-order valence-corrected chi connectivity index (χ1v) is 9.97. The summed E-state index contributed by atoms with van der Waals surface area (Å²) in [5.74, 6) is 0.716. The van der Waals surface area contributed by atoms with Gasteiger partial charge in [0.1, 0.15) is 11.5 Å². The summed E-state index contributed by atoms with van der Waals surface area (Å²) in [6.45, 7) is 2.62. The van der Waals surface area contributed by atoms with Crippen molar-refractivity contribution in [3.63, 3.8) is 0 Å². The molecule has 2 aromatic carbocycles. The van der Waals surface area contributed by atoms with Crippen LogP contribution in [0.15, 0.2) is 47.6 Å². The minimum atomic E-state index is -0.403. The monoisotopic (exact) mass is 422 g/mol. The van der Waals surface area contributed by atoms with E-state index in [-0.39, 0.29) is 6.61 Å². The van der Waals surface area contributed by atoms with Crippen molar-refractivity contribution in [2.75, 3.05) is 13.2 Å². The Hall–Kier alpha value is -2.24.